The number of rotatable bonds is 16. The SMILES string of the molecule is CCCCOC(=O)OC(C)CN[C@@H](Cc1ccc(OC(=O)C(C)CC)c(OC(=O)C(C)CC)c1)C(=O)O. The summed E-state index contributed by atoms with van der Waals surface area (Å²) in [5.41, 5.74) is 0.544. The Hall–Kier alpha value is -3.14. The Kier molecular flexibility index (Phi) is 14.3. The molecule has 1 aromatic carbocycles. The molecule has 0 aliphatic rings. The molecule has 0 bridgehead atoms. The number of benzene rings is 1. The Morgan fingerprint density at radius 2 is 1.51 bits per heavy atom. The Morgan fingerprint density at radius 1 is 0.919 bits per heavy atom. The summed E-state index contributed by atoms with van der Waals surface area (Å²) < 4.78 is 21.1. The summed E-state index contributed by atoms with van der Waals surface area (Å²) in [6, 6.07) is 3.59. The molecule has 0 heterocycles. The van der Waals surface area contributed by atoms with Crippen LogP contribution in [-0.4, -0.2) is 54.5 Å². The van der Waals surface area contributed by atoms with Crippen molar-refractivity contribution in [3.05, 3.63) is 23.8 Å². The minimum Gasteiger partial charge on any atom is -0.480 e. The Labute approximate surface area is 219 Å². The maximum Gasteiger partial charge on any atom is 0.508 e. The molecule has 0 aliphatic heterocycles. The molecule has 4 atom stereocenters. The molecule has 0 aliphatic carbocycles. The topological polar surface area (TPSA) is 137 Å². The number of aliphatic carboxylic acids is 1. The molecular formula is C27H41NO9. The second kappa shape index (κ2) is 16.6. The maximum atomic E-state index is 12.4. The summed E-state index contributed by atoms with van der Waals surface area (Å²) in [6.07, 6.45) is 1.38. The lowest BCUT2D eigenvalue weighted by molar-refractivity contribution is -0.141. The van der Waals surface area contributed by atoms with Gasteiger partial charge in [-0.3, -0.25) is 14.4 Å². The minimum atomic E-state index is -1.11. The molecule has 3 unspecified atom stereocenters. The van der Waals surface area contributed by atoms with Gasteiger partial charge >= 0.3 is 24.1 Å². The van der Waals surface area contributed by atoms with Crippen molar-refractivity contribution in [1.29, 1.82) is 0 Å². The zero-order valence-corrected chi connectivity index (χ0v) is 22.7. The molecule has 10 heteroatoms. The number of hydrogen-bond donors (Lipinski definition) is 2. The molecule has 0 amide bonds. The number of carbonyl (C=O) groups excluding carboxylic acids is 3. The maximum absolute atomic E-state index is 12.4. The van der Waals surface area contributed by atoms with Crippen LogP contribution in [0.5, 0.6) is 11.5 Å². The van der Waals surface area contributed by atoms with Crippen LogP contribution in [0.15, 0.2) is 18.2 Å². The second-order valence-electron chi connectivity index (χ2n) is 9.13. The Bertz CT molecular complexity index is 902. The van der Waals surface area contributed by atoms with Gasteiger partial charge in [0.1, 0.15) is 12.1 Å². The average Bonchev–Trinajstić information content (AvgIpc) is 2.86. The van der Waals surface area contributed by atoms with E-state index in [9.17, 15) is 24.3 Å². The fourth-order valence-corrected chi connectivity index (χ4v) is 2.93. The van der Waals surface area contributed by atoms with Crippen LogP contribution in [-0.2, 0) is 30.3 Å². The number of carbonyl (C=O) groups is 4. The highest BCUT2D eigenvalue weighted by Crippen LogP contribution is 2.31. The van der Waals surface area contributed by atoms with E-state index < -0.39 is 36.2 Å². The van der Waals surface area contributed by atoms with Crippen LogP contribution in [0.2, 0.25) is 0 Å². The quantitative estimate of drug-likeness (QED) is 0.181. The summed E-state index contributed by atoms with van der Waals surface area (Å²) in [6.45, 7) is 11.1. The third kappa shape index (κ3) is 11.6. The van der Waals surface area contributed by atoms with E-state index in [1.165, 1.54) is 12.1 Å². The van der Waals surface area contributed by atoms with Crippen LogP contribution in [0.25, 0.3) is 0 Å². The number of esters is 2. The van der Waals surface area contributed by atoms with E-state index in [2.05, 4.69) is 5.32 Å². The van der Waals surface area contributed by atoms with Crippen molar-refractivity contribution in [3.63, 3.8) is 0 Å². The summed E-state index contributed by atoms with van der Waals surface area (Å²) in [5.74, 6) is -2.61. The molecular weight excluding hydrogens is 482 g/mol. The first-order valence-electron chi connectivity index (χ1n) is 12.9. The van der Waals surface area contributed by atoms with Crippen molar-refractivity contribution in [2.24, 2.45) is 11.8 Å². The number of nitrogens with one attached hydrogen (secondary N) is 1. The standard InChI is InChI=1S/C27H41NO9/c1-7-10-13-34-27(33)35-19(6)16-28-21(24(29)30)14-20-11-12-22(36-25(31)17(4)8-2)23(15-20)37-26(32)18(5)9-3/h11-12,15,17-19,21,28H,7-10,13-14,16H2,1-6H3,(H,29,30)/t17?,18?,19?,21-/m0/s1. The second-order valence-corrected chi connectivity index (χ2v) is 9.13. The first-order valence-corrected chi connectivity index (χ1v) is 12.9. The van der Waals surface area contributed by atoms with Crippen molar-refractivity contribution < 1.29 is 43.2 Å². The molecule has 0 spiro atoms. The van der Waals surface area contributed by atoms with Gasteiger partial charge in [0.2, 0.25) is 0 Å². The van der Waals surface area contributed by atoms with Crippen LogP contribution in [0.3, 0.4) is 0 Å². The van der Waals surface area contributed by atoms with Gasteiger partial charge < -0.3 is 29.4 Å². The molecule has 0 saturated carbocycles. The lowest BCUT2D eigenvalue weighted by Gasteiger charge is -2.19. The van der Waals surface area contributed by atoms with Crippen molar-refractivity contribution >= 4 is 24.1 Å². The van der Waals surface area contributed by atoms with E-state index in [1.807, 2.05) is 20.8 Å². The smallest absolute Gasteiger partial charge is 0.480 e. The van der Waals surface area contributed by atoms with Gasteiger partial charge in [0, 0.05) is 6.54 Å². The van der Waals surface area contributed by atoms with E-state index in [1.54, 1.807) is 26.8 Å². The molecule has 1 rings (SSSR count). The summed E-state index contributed by atoms with van der Waals surface area (Å²) in [7, 11) is 0. The molecule has 208 valence electrons. The molecule has 37 heavy (non-hydrogen) atoms. The predicted octanol–water partition coefficient (Wildman–Crippen LogP) is 4.52. The van der Waals surface area contributed by atoms with Crippen LogP contribution in [0.4, 0.5) is 4.79 Å². The first kappa shape index (κ1) is 31.9. The summed E-state index contributed by atoms with van der Waals surface area (Å²) in [5, 5.41) is 12.6. The number of unbranched alkanes of at least 4 members (excludes halogenated alkanes) is 1. The largest absolute Gasteiger partial charge is 0.508 e. The zero-order valence-electron chi connectivity index (χ0n) is 22.7. The van der Waals surface area contributed by atoms with Crippen LogP contribution >= 0.6 is 0 Å². The highest BCUT2D eigenvalue weighted by Gasteiger charge is 2.23. The molecule has 2 N–H and O–H groups in total. The highest BCUT2D eigenvalue weighted by atomic mass is 16.7. The summed E-state index contributed by atoms with van der Waals surface area (Å²) in [4.78, 5) is 48.3. The third-order valence-corrected chi connectivity index (χ3v) is 5.86. The molecule has 0 aromatic heterocycles. The normalized spacial score (nSPS) is 14.1. The Morgan fingerprint density at radius 3 is 2.05 bits per heavy atom. The van der Waals surface area contributed by atoms with Gasteiger partial charge in [0.05, 0.1) is 18.4 Å². The van der Waals surface area contributed by atoms with Crippen molar-refractivity contribution in [2.45, 2.75) is 85.8 Å². The van der Waals surface area contributed by atoms with Gasteiger partial charge in [0.15, 0.2) is 11.5 Å². The van der Waals surface area contributed by atoms with Crippen molar-refractivity contribution in [3.8, 4) is 11.5 Å². The van der Waals surface area contributed by atoms with Gasteiger partial charge in [-0.15, -0.1) is 0 Å². The number of ether oxygens (including phenoxy) is 4. The van der Waals surface area contributed by atoms with Gasteiger partial charge in [0.25, 0.3) is 0 Å². The molecule has 0 radical (unpaired) electrons. The first-order chi connectivity index (χ1) is 17.5. The number of carboxylic acid groups (broad SMARTS) is 1. The lowest BCUT2D eigenvalue weighted by atomic mass is 10.0. The monoisotopic (exact) mass is 523 g/mol. The summed E-state index contributed by atoms with van der Waals surface area (Å²) >= 11 is 0. The molecule has 1 aromatic rings. The van der Waals surface area contributed by atoms with Gasteiger partial charge in [-0.2, -0.15) is 0 Å². The number of hydrogen-bond acceptors (Lipinski definition) is 9. The Balaban J connectivity index is 2.96. The zero-order chi connectivity index (χ0) is 28.0. The minimum absolute atomic E-state index is 0.0382. The van der Waals surface area contributed by atoms with E-state index in [0.717, 1.165) is 12.8 Å². The van der Waals surface area contributed by atoms with Crippen LogP contribution in [0.1, 0.15) is 72.8 Å². The van der Waals surface area contributed by atoms with Crippen molar-refractivity contribution in [2.75, 3.05) is 13.2 Å². The van der Waals surface area contributed by atoms with Gasteiger partial charge in [-0.1, -0.05) is 47.1 Å². The van der Waals surface area contributed by atoms with Crippen molar-refractivity contribution in [1.82, 2.24) is 5.32 Å². The molecule has 0 fully saturated rings. The van der Waals surface area contributed by atoms with Gasteiger partial charge in [-0.25, -0.2) is 4.79 Å². The van der Waals surface area contributed by atoms with E-state index >= 15 is 0 Å². The van der Waals surface area contributed by atoms with E-state index in [0.29, 0.717) is 18.4 Å². The highest BCUT2D eigenvalue weighted by molar-refractivity contribution is 5.78. The fraction of sp³-hybridized carbons (Fsp3) is 0.630. The number of carboxylic acids is 1. The molecule has 0 saturated heterocycles. The fourth-order valence-electron chi connectivity index (χ4n) is 2.93. The van der Waals surface area contributed by atoms with E-state index in [4.69, 9.17) is 18.9 Å². The lowest BCUT2D eigenvalue weighted by Crippen LogP contribution is -2.42. The van der Waals surface area contributed by atoms with Crippen LogP contribution < -0.4 is 14.8 Å². The van der Waals surface area contributed by atoms with E-state index in [-0.39, 0.29) is 42.9 Å². The van der Waals surface area contributed by atoms with Gasteiger partial charge in [-0.05, 0) is 50.3 Å². The third-order valence-electron chi connectivity index (χ3n) is 5.86. The predicted molar refractivity (Wildman–Crippen MR) is 137 cm³/mol. The van der Waals surface area contributed by atoms with Crippen LogP contribution in [0, 0.1) is 11.8 Å². The molecule has 10 nitrogen and oxygen atoms in total. The average molecular weight is 524 g/mol.